The van der Waals surface area contributed by atoms with Crippen LogP contribution in [0.4, 0.5) is 5.82 Å². The summed E-state index contributed by atoms with van der Waals surface area (Å²) in [5.41, 5.74) is 1.57. The number of aromatic nitrogens is 4. The first kappa shape index (κ1) is 17.0. The van der Waals surface area contributed by atoms with Gasteiger partial charge in [0.1, 0.15) is 5.82 Å². The minimum absolute atomic E-state index is 0.0973. The molecule has 25 heavy (non-hydrogen) atoms. The fraction of sp³-hybridized carbons (Fsp3) is 0.235. The molecule has 2 N–H and O–H groups in total. The molecule has 0 aliphatic rings. The first-order valence-electron chi connectivity index (χ1n) is 7.96. The van der Waals surface area contributed by atoms with Crippen molar-refractivity contribution < 1.29 is 4.79 Å². The monoisotopic (exact) mass is 354 g/mol. The van der Waals surface area contributed by atoms with E-state index in [0.717, 1.165) is 17.1 Å². The Hall–Kier alpha value is -2.87. The van der Waals surface area contributed by atoms with Crippen LogP contribution in [0.5, 0.6) is 0 Å². The van der Waals surface area contributed by atoms with Crippen molar-refractivity contribution in [3.05, 3.63) is 53.4 Å². The number of carbonyl (C=O) groups excluding carboxylic acids is 1. The molecule has 3 heterocycles. The van der Waals surface area contributed by atoms with E-state index < -0.39 is 0 Å². The Morgan fingerprint density at radius 2 is 2.04 bits per heavy atom. The van der Waals surface area contributed by atoms with Crippen LogP contribution in [0.25, 0.3) is 10.8 Å². The molecule has 128 valence electrons. The molecule has 3 rings (SSSR count). The lowest BCUT2D eigenvalue weighted by atomic mass is 10.2. The first-order chi connectivity index (χ1) is 12.3. The third-order valence-electron chi connectivity index (χ3n) is 3.36. The highest BCUT2D eigenvalue weighted by Gasteiger charge is 2.08. The number of rotatable bonds is 7. The highest BCUT2D eigenvalue weighted by atomic mass is 32.1. The molecule has 0 bridgehead atoms. The summed E-state index contributed by atoms with van der Waals surface area (Å²) in [4.78, 5) is 29.0. The fourth-order valence-electron chi connectivity index (χ4n) is 2.18. The minimum Gasteiger partial charge on any atom is -0.370 e. The number of hydrogen-bond acceptors (Lipinski definition) is 7. The Morgan fingerprint density at radius 3 is 2.84 bits per heavy atom. The average molecular weight is 354 g/mol. The molecule has 0 unspecified atom stereocenters. The number of amides is 1. The SMILES string of the molecule is CCNC(=O)c1ccnc(NCCc2csc(-c3ncccn3)n2)c1. The second-order valence-corrected chi connectivity index (χ2v) is 6.04. The molecule has 7 nitrogen and oxygen atoms in total. The van der Waals surface area contributed by atoms with E-state index >= 15 is 0 Å². The average Bonchev–Trinajstić information content (AvgIpc) is 3.12. The zero-order valence-corrected chi connectivity index (χ0v) is 14.6. The molecule has 0 saturated heterocycles. The molecular formula is C17H18N6OS. The number of anilines is 1. The van der Waals surface area contributed by atoms with E-state index in [1.807, 2.05) is 12.3 Å². The molecule has 0 atom stereocenters. The molecule has 3 aromatic heterocycles. The van der Waals surface area contributed by atoms with Gasteiger partial charge in [0.2, 0.25) is 0 Å². The van der Waals surface area contributed by atoms with Crippen LogP contribution in [0, 0.1) is 0 Å². The third-order valence-corrected chi connectivity index (χ3v) is 4.24. The maximum atomic E-state index is 11.8. The summed E-state index contributed by atoms with van der Waals surface area (Å²) in [7, 11) is 0. The summed E-state index contributed by atoms with van der Waals surface area (Å²) in [5.74, 6) is 1.22. The molecular weight excluding hydrogens is 336 g/mol. The maximum Gasteiger partial charge on any atom is 0.251 e. The van der Waals surface area contributed by atoms with Gasteiger partial charge >= 0.3 is 0 Å². The van der Waals surface area contributed by atoms with Crippen LogP contribution in [0.15, 0.2) is 42.2 Å². The van der Waals surface area contributed by atoms with Gasteiger partial charge in [-0.1, -0.05) is 0 Å². The van der Waals surface area contributed by atoms with E-state index in [9.17, 15) is 4.79 Å². The number of thiazole rings is 1. The molecule has 0 radical (unpaired) electrons. The summed E-state index contributed by atoms with van der Waals surface area (Å²) >= 11 is 1.53. The van der Waals surface area contributed by atoms with E-state index in [1.54, 1.807) is 36.8 Å². The van der Waals surface area contributed by atoms with Crippen molar-refractivity contribution in [3.8, 4) is 10.8 Å². The van der Waals surface area contributed by atoms with Gasteiger partial charge in [0.15, 0.2) is 10.8 Å². The lowest BCUT2D eigenvalue weighted by molar-refractivity contribution is 0.0956. The van der Waals surface area contributed by atoms with Crippen LogP contribution in [0.3, 0.4) is 0 Å². The van der Waals surface area contributed by atoms with Crippen molar-refractivity contribution in [3.63, 3.8) is 0 Å². The van der Waals surface area contributed by atoms with E-state index in [-0.39, 0.29) is 5.91 Å². The van der Waals surface area contributed by atoms with E-state index in [1.165, 1.54) is 11.3 Å². The molecule has 0 fully saturated rings. The van der Waals surface area contributed by atoms with E-state index in [0.29, 0.717) is 30.3 Å². The van der Waals surface area contributed by atoms with Gasteiger partial charge in [-0.25, -0.2) is 19.9 Å². The second-order valence-electron chi connectivity index (χ2n) is 5.18. The largest absolute Gasteiger partial charge is 0.370 e. The highest BCUT2D eigenvalue weighted by molar-refractivity contribution is 7.13. The van der Waals surface area contributed by atoms with Crippen LogP contribution in [0.1, 0.15) is 23.0 Å². The molecule has 1 amide bonds. The number of pyridine rings is 1. The number of nitrogens with one attached hydrogen (secondary N) is 2. The van der Waals surface area contributed by atoms with Crippen molar-refractivity contribution in [2.24, 2.45) is 0 Å². The standard InChI is InChI=1S/C17H18N6OS/c1-2-18-16(24)12-4-8-19-14(10-12)20-9-5-13-11-25-17(23-13)15-21-6-3-7-22-15/h3-4,6-8,10-11H,2,5,9H2,1H3,(H,18,24)(H,19,20). The smallest absolute Gasteiger partial charge is 0.251 e. The molecule has 3 aromatic rings. The van der Waals surface area contributed by atoms with Crippen molar-refractivity contribution in [1.82, 2.24) is 25.3 Å². The molecule has 0 aliphatic heterocycles. The second kappa shape index (κ2) is 8.29. The zero-order valence-electron chi connectivity index (χ0n) is 13.8. The van der Waals surface area contributed by atoms with Gasteiger partial charge in [-0.2, -0.15) is 0 Å². The van der Waals surface area contributed by atoms with Crippen molar-refractivity contribution in [2.75, 3.05) is 18.4 Å². The molecule has 0 aromatic carbocycles. The number of carbonyl (C=O) groups is 1. The lowest BCUT2D eigenvalue weighted by Crippen LogP contribution is -2.22. The Balaban J connectivity index is 1.56. The van der Waals surface area contributed by atoms with E-state index in [2.05, 4.69) is 30.6 Å². The van der Waals surface area contributed by atoms with Crippen LogP contribution in [0.2, 0.25) is 0 Å². The van der Waals surface area contributed by atoms with Crippen LogP contribution in [-0.2, 0) is 6.42 Å². The number of hydrogen-bond donors (Lipinski definition) is 2. The molecule has 8 heteroatoms. The first-order valence-corrected chi connectivity index (χ1v) is 8.84. The summed E-state index contributed by atoms with van der Waals surface area (Å²) in [6.07, 6.45) is 5.79. The van der Waals surface area contributed by atoms with Gasteiger partial charge in [-0.3, -0.25) is 4.79 Å². The van der Waals surface area contributed by atoms with Crippen LogP contribution in [-0.4, -0.2) is 38.9 Å². The highest BCUT2D eigenvalue weighted by Crippen LogP contribution is 2.19. The van der Waals surface area contributed by atoms with Gasteiger partial charge in [0.05, 0.1) is 5.69 Å². The fourth-order valence-corrected chi connectivity index (χ4v) is 2.98. The molecule has 0 spiro atoms. The molecule has 0 saturated carbocycles. The summed E-state index contributed by atoms with van der Waals surface area (Å²) in [5, 5.41) is 8.81. The van der Waals surface area contributed by atoms with Gasteiger partial charge in [-0.15, -0.1) is 11.3 Å². The molecule has 0 aliphatic carbocycles. The van der Waals surface area contributed by atoms with Gasteiger partial charge in [0.25, 0.3) is 5.91 Å². The minimum atomic E-state index is -0.0973. The maximum absolute atomic E-state index is 11.8. The van der Waals surface area contributed by atoms with Gasteiger partial charge in [0, 0.05) is 49.0 Å². The Bertz CT molecular complexity index is 836. The van der Waals surface area contributed by atoms with Crippen LogP contribution < -0.4 is 10.6 Å². The van der Waals surface area contributed by atoms with Crippen molar-refractivity contribution in [2.45, 2.75) is 13.3 Å². The lowest BCUT2D eigenvalue weighted by Gasteiger charge is -2.06. The summed E-state index contributed by atoms with van der Waals surface area (Å²) in [6.45, 7) is 3.16. The Labute approximate surface area is 149 Å². The van der Waals surface area contributed by atoms with Gasteiger partial charge < -0.3 is 10.6 Å². The summed E-state index contributed by atoms with van der Waals surface area (Å²) < 4.78 is 0. The normalized spacial score (nSPS) is 10.4. The zero-order chi connectivity index (χ0) is 17.5. The third kappa shape index (κ3) is 4.57. The van der Waals surface area contributed by atoms with Gasteiger partial charge in [-0.05, 0) is 25.1 Å². The van der Waals surface area contributed by atoms with Crippen LogP contribution >= 0.6 is 11.3 Å². The predicted octanol–water partition coefficient (Wildman–Crippen LogP) is 2.40. The topological polar surface area (TPSA) is 92.7 Å². The van der Waals surface area contributed by atoms with E-state index in [4.69, 9.17) is 0 Å². The Kier molecular flexibility index (Phi) is 5.63. The predicted molar refractivity (Wildman–Crippen MR) is 97.6 cm³/mol. The summed E-state index contributed by atoms with van der Waals surface area (Å²) in [6, 6.07) is 5.22. The quantitative estimate of drug-likeness (QED) is 0.677. The van der Waals surface area contributed by atoms with Crippen molar-refractivity contribution in [1.29, 1.82) is 0 Å². The van der Waals surface area contributed by atoms with Crippen molar-refractivity contribution >= 4 is 23.1 Å². The Morgan fingerprint density at radius 1 is 1.20 bits per heavy atom. The number of nitrogens with zero attached hydrogens (tertiary/aromatic N) is 4.